The molecule has 0 saturated heterocycles. The molecule has 0 fully saturated rings. The van der Waals surface area contributed by atoms with Crippen LogP contribution in [0.2, 0.25) is 0 Å². The summed E-state index contributed by atoms with van der Waals surface area (Å²) in [5.74, 6) is 0.970. The number of hydrogen-bond donors (Lipinski definition) is 2. The third-order valence-electron chi connectivity index (χ3n) is 2.28. The average molecular weight is 251 g/mol. The number of rotatable bonds is 6. The Labute approximate surface area is 106 Å². The van der Waals surface area contributed by atoms with Crippen LogP contribution < -0.4 is 14.8 Å². The van der Waals surface area contributed by atoms with E-state index in [4.69, 9.17) is 14.6 Å². The van der Waals surface area contributed by atoms with Crippen molar-refractivity contribution in [1.29, 1.82) is 0 Å². The number of aliphatic hydroxyl groups is 1. The monoisotopic (exact) mass is 251 g/mol. The lowest BCUT2D eigenvalue weighted by atomic mass is 10.1. The van der Waals surface area contributed by atoms with E-state index < -0.39 is 0 Å². The van der Waals surface area contributed by atoms with Gasteiger partial charge >= 0.3 is 0 Å². The average Bonchev–Trinajstić information content (AvgIpc) is 2.42. The molecule has 0 spiro atoms. The number of aliphatic hydroxyl groups excluding tert-OH is 1. The number of methoxy groups -OCH3 is 2. The molecule has 0 heterocycles. The SMILES string of the molecule is COc1cccc(OC)c1C=CC(=O)NCCO. The summed E-state index contributed by atoms with van der Waals surface area (Å²) in [7, 11) is 3.11. The second-order valence-electron chi connectivity index (χ2n) is 3.42. The van der Waals surface area contributed by atoms with Crippen LogP contribution >= 0.6 is 0 Å². The summed E-state index contributed by atoms with van der Waals surface area (Å²) < 4.78 is 10.4. The lowest BCUT2D eigenvalue weighted by molar-refractivity contribution is -0.116. The van der Waals surface area contributed by atoms with Gasteiger partial charge in [-0.3, -0.25) is 4.79 Å². The fourth-order valence-corrected chi connectivity index (χ4v) is 1.44. The van der Waals surface area contributed by atoms with E-state index in [1.165, 1.54) is 6.08 Å². The minimum atomic E-state index is -0.281. The van der Waals surface area contributed by atoms with Gasteiger partial charge in [-0.05, 0) is 18.2 Å². The molecule has 0 radical (unpaired) electrons. The molecule has 98 valence electrons. The number of nitrogens with one attached hydrogen (secondary N) is 1. The zero-order valence-electron chi connectivity index (χ0n) is 10.5. The predicted molar refractivity (Wildman–Crippen MR) is 68.7 cm³/mol. The first-order valence-electron chi connectivity index (χ1n) is 5.50. The standard InChI is InChI=1S/C13H17NO4/c1-17-11-4-3-5-12(18-2)10(11)6-7-13(16)14-8-9-15/h3-7,15H,8-9H2,1-2H3,(H,14,16). The summed E-state index contributed by atoms with van der Waals surface area (Å²) in [4.78, 5) is 11.4. The summed E-state index contributed by atoms with van der Waals surface area (Å²) in [6.07, 6.45) is 2.99. The van der Waals surface area contributed by atoms with E-state index in [0.29, 0.717) is 17.1 Å². The van der Waals surface area contributed by atoms with Crippen molar-refractivity contribution in [3.05, 3.63) is 29.8 Å². The summed E-state index contributed by atoms with van der Waals surface area (Å²) >= 11 is 0. The Bertz CT molecular complexity index is 407. The molecule has 2 N–H and O–H groups in total. The molecule has 5 nitrogen and oxygen atoms in total. The maximum atomic E-state index is 11.4. The first-order chi connectivity index (χ1) is 8.72. The lowest BCUT2D eigenvalue weighted by Gasteiger charge is -2.09. The molecule has 0 aromatic heterocycles. The largest absolute Gasteiger partial charge is 0.496 e. The van der Waals surface area contributed by atoms with Crippen LogP contribution in [-0.4, -0.2) is 38.4 Å². The number of amides is 1. The van der Waals surface area contributed by atoms with Crippen molar-refractivity contribution in [3.8, 4) is 11.5 Å². The smallest absolute Gasteiger partial charge is 0.244 e. The van der Waals surface area contributed by atoms with E-state index >= 15 is 0 Å². The van der Waals surface area contributed by atoms with Crippen molar-refractivity contribution in [2.45, 2.75) is 0 Å². The van der Waals surface area contributed by atoms with Crippen molar-refractivity contribution < 1.29 is 19.4 Å². The molecule has 0 unspecified atom stereocenters. The minimum Gasteiger partial charge on any atom is -0.496 e. The van der Waals surface area contributed by atoms with Crippen molar-refractivity contribution in [1.82, 2.24) is 5.32 Å². The number of benzene rings is 1. The second kappa shape index (κ2) is 7.34. The summed E-state index contributed by atoms with van der Waals surface area (Å²) in [6, 6.07) is 5.38. The van der Waals surface area contributed by atoms with Crippen molar-refractivity contribution in [3.63, 3.8) is 0 Å². The Kier molecular flexibility index (Phi) is 5.73. The van der Waals surface area contributed by atoms with Crippen LogP contribution in [-0.2, 0) is 4.79 Å². The highest BCUT2D eigenvalue weighted by Gasteiger charge is 2.06. The quantitative estimate of drug-likeness (QED) is 0.735. The predicted octanol–water partition coefficient (Wildman–Crippen LogP) is 0.825. The highest BCUT2D eigenvalue weighted by Crippen LogP contribution is 2.29. The van der Waals surface area contributed by atoms with Crippen LogP contribution in [0.1, 0.15) is 5.56 Å². The zero-order valence-corrected chi connectivity index (χ0v) is 10.5. The summed E-state index contributed by atoms with van der Waals surface area (Å²) in [5, 5.41) is 11.1. The molecular weight excluding hydrogens is 234 g/mol. The van der Waals surface area contributed by atoms with Gasteiger partial charge in [-0.1, -0.05) is 6.07 Å². The highest BCUT2D eigenvalue weighted by atomic mass is 16.5. The molecule has 1 aromatic rings. The maximum Gasteiger partial charge on any atom is 0.244 e. The minimum absolute atomic E-state index is 0.0858. The van der Waals surface area contributed by atoms with Gasteiger partial charge in [-0.2, -0.15) is 0 Å². The van der Waals surface area contributed by atoms with Gasteiger partial charge in [0.2, 0.25) is 5.91 Å². The molecule has 0 aliphatic heterocycles. The Balaban J connectivity index is 2.88. The van der Waals surface area contributed by atoms with Gasteiger partial charge in [0.15, 0.2) is 0 Å². The molecule has 1 amide bonds. The van der Waals surface area contributed by atoms with Crippen molar-refractivity contribution in [2.24, 2.45) is 0 Å². The Morgan fingerprint density at radius 2 is 1.94 bits per heavy atom. The molecular formula is C13H17NO4. The van der Waals surface area contributed by atoms with Crippen molar-refractivity contribution >= 4 is 12.0 Å². The van der Waals surface area contributed by atoms with Gasteiger partial charge in [-0.15, -0.1) is 0 Å². The number of carbonyl (C=O) groups excluding carboxylic acids is 1. The van der Waals surface area contributed by atoms with Crippen molar-refractivity contribution in [2.75, 3.05) is 27.4 Å². The fraction of sp³-hybridized carbons (Fsp3) is 0.308. The van der Waals surface area contributed by atoms with E-state index in [2.05, 4.69) is 5.32 Å². The molecule has 0 aliphatic carbocycles. The Morgan fingerprint density at radius 3 is 2.44 bits per heavy atom. The zero-order chi connectivity index (χ0) is 13.4. The van der Waals surface area contributed by atoms with Crippen LogP contribution in [0.3, 0.4) is 0 Å². The van der Waals surface area contributed by atoms with Crippen LogP contribution in [0, 0.1) is 0 Å². The molecule has 5 heteroatoms. The first-order valence-corrected chi connectivity index (χ1v) is 5.50. The fourth-order valence-electron chi connectivity index (χ4n) is 1.44. The van der Waals surface area contributed by atoms with Gasteiger partial charge in [0.05, 0.1) is 26.4 Å². The second-order valence-corrected chi connectivity index (χ2v) is 3.42. The van der Waals surface area contributed by atoms with E-state index in [1.54, 1.807) is 38.5 Å². The molecule has 0 aliphatic rings. The van der Waals surface area contributed by atoms with Gasteiger partial charge in [-0.25, -0.2) is 0 Å². The third-order valence-corrected chi connectivity index (χ3v) is 2.28. The first kappa shape index (κ1) is 14.1. The summed E-state index contributed by atoms with van der Waals surface area (Å²) in [6.45, 7) is 0.143. The number of hydrogen-bond acceptors (Lipinski definition) is 4. The van der Waals surface area contributed by atoms with Gasteiger partial charge in [0.25, 0.3) is 0 Å². The molecule has 1 rings (SSSR count). The Hall–Kier alpha value is -2.01. The van der Waals surface area contributed by atoms with Crippen LogP contribution in [0.25, 0.3) is 6.08 Å². The normalized spacial score (nSPS) is 10.4. The van der Waals surface area contributed by atoms with Gasteiger partial charge in [0.1, 0.15) is 11.5 Å². The molecule has 0 atom stereocenters. The van der Waals surface area contributed by atoms with Crippen LogP contribution in [0.15, 0.2) is 24.3 Å². The van der Waals surface area contributed by atoms with E-state index in [1.807, 2.05) is 0 Å². The van der Waals surface area contributed by atoms with Gasteiger partial charge < -0.3 is 19.9 Å². The van der Waals surface area contributed by atoms with E-state index in [0.717, 1.165) is 0 Å². The third kappa shape index (κ3) is 3.78. The molecule has 0 saturated carbocycles. The van der Waals surface area contributed by atoms with E-state index in [-0.39, 0.29) is 19.1 Å². The lowest BCUT2D eigenvalue weighted by Crippen LogP contribution is -2.24. The molecule has 0 bridgehead atoms. The summed E-state index contributed by atoms with van der Waals surface area (Å²) in [5.41, 5.74) is 0.696. The molecule has 18 heavy (non-hydrogen) atoms. The van der Waals surface area contributed by atoms with E-state index in [9.17, 15) is 4.79 Å². The topological polar surface area (TPSA) is 67.8 Å². The van der Waals surface area contributed by atoms with Crippen LogP contribution in [0.4, 0.5) is 0 Å². The maximum absolute atomic E-state index is 11.4. The van der Waals surface area contributed by atoms with Gasteiger partial charge in [0, 0.05) is 12.6 Å². The molecule has 1 aromatic carbocycles. The Morgan fingerprint density at radius 1 is 1.33 bits per heavy atom. The number of carbonyl (C=O) groups is 1. The highest BCUT2D eigenvalue weighted by molar-refractivity contribution is 5.92. The number of ether oxygens (including phenoxy) is 2. The van der Waals surface area contributed by atoms with Crippen LogP contribution in [0.5, 0.6) is 11.5 Å².